The SMILES string of the molecule is CC1CS(=O)(=O)CCN1c1cc([C@H](C)O)ccn1. The number of rotatable bonds is 2. The Morgan fingerprint density at radius 2 is 2.28 bits per heavy atom. The van der Waals surface area contributed by atoms with Crippen molar-refractivity contribution in [3.63, 3.8) is 0 Å². The summed E-state index contributed by atoms with van der Waals surface area (Å²) in [5.74, 6) is 1.06. The van der Waals surface area contributed by atoms with Gasteiger partial charge in [0.1, 0.15) is 5.82 Å². The van der Waals surface area contributed by atoms with Gasteiger partial charge in [0.2, 0.25) is 0 Å². The molecular weight excluding hydrogens is 252 g/mol. The summed E-state index contributed by atoms with van der Waals surface area (Å²) < 4.78 is 23.1. The molecule has 0 amide bonds. The summed E-state index contributed by atoms with van der Waals surface area (Å²) in [6.45, 7) is 4.04. The van der Waals surface area contributed by atoms with Crippen molar-refractivity contribution in [1.82, 2.24) is 4.98 Å². The Kier molecular flexibility index (Phi) is 3.59. The normalized spacial score (nSPS) is 24.8. The molecule has 0 radical (unpaired) electrons. The van der Waals surface area contributed by atoms with E-state index in [0.29, 0.717) is 6.54 Å². The van der Waals surface area contributed by atoms with Gasteiger partial charge in [-0.15, -0.1) is 0 Å². The number of pyridine rings is 1. The van der Waals surface area contributed by atoms with E-state index >= 15 is 0 Å². The molecule has 1 saturated heterocycles. The van der Waals surface area contributed by atoms with Crippen LogP contribution in [0, 0.1) is 0 Å². The van der Waals surface area contributed by atoms with Crippen LogP contribution in [0.4, 0.5) is 5.82 Å². The van der Waals surface area contributed by atoms with Gasteiger partial charge in [0.15, 0.2) is 9.84 Å². The van der Waals surface area contributed by atoms with E-state index in [1.54, 1.807) is 19.2 Å². The lowest BCUT2D eigenvalue weighted by Crippen LogP contribution is -2.47. The summed E-state index contributed by atoms with van der Waals surface area (Å²) in [5.41, 5.74) is 0.792. The standard InChI is InChI=1S/C12H18N2O3S/c1-9-8-18(16,17)6-5-14(9)12-7-11(10(2)15)3-4-13-12/h3-4,7,9-10,15H,5-6,8H2,1-2H3/t9?,10-/m0/s1. The Morgan fingerprint density at radius 1 is 1.56 bits per heavy atom. The van der Waals surface area contributed by atoms with Crippen LogP contribution in [0.3, 0.4) is 0 Å². The van der Waals surface area contributed by atoms with Crippen LogP contribution in [-0.2, 0) is 9.84 Å². The fourth-order valence-corrected chi connectivity index (χ4v) is 3.75. The second-order valence-corrected chi connectivity index (χ2v) is 7.01. The molecule has 1 aromatic heterocycles. The van der Waals surface area contributed by atoms with Crippen LogP contribution in [0.25, 0.3) is 0 Å². The number of sulfone groups is 1. The van der Waals surface area contributed by atoms with Crippen molar-refractivity contribution < 1.29 is 13.5 Å². The molecule has 2 heterocycles. The molecule has 6 heteroatoms. The first kappa shape index (κ1) is 13.3. The number of nitrogens with zero attached hydrogens (tertiary/aromatic N) is 2. The smallest absolute Gasteiger partial charge is 0.154 e. The first-order valence-electron chi connectivity index (χ1n) is 6.00. The fourth-order valence-electron chi connectivity index (χ4n) is 2.19. The third-order valence-corrected chi connectivity index (χ3v) is 5.01. The predicted octanol–water partition coefficient (Wildman–Crippen LogP) is 0.758. The van der Waals surface area contributed by atoms with E-state index in [9.17, 15) is 13.5 Å². The highest BCUT2D eigenvalue weighted by molar-refractivity contribution is 7.91. The van der Waals surface area contributed by atoms with Gasteiger partial charge in [0.05, 0.1) is 17.6 Å². The van der Waals surface area contributed by atoms with Gasteiger partial charge in [0, 0.05) is 18.8 Å². The summed E-state index contributed by atoms with van der Waals surface area (Å²) in [5, 5.41) is 9.55. The maximum Gasteiger partial charge on any atom is 0.154 e. The molecule has 0 aromatic carbocycles. The van der Waals surface area contributed by atoms with Gasteiger partial charge >= 0.3 is 0 Å². The molecule has 0 bridgehead atoms. The molecule has 5 nitrogen and oxygen atoms in total. The Balaban J connectivity index is 2.24. The Bertz CT molecular complexity index is 528. The minimum Gasteiger partial charge on any atom is -0.389 e. The number of aliphatic hydroxyl groups is 1. The average molecular weight is 270 g/mol. The third kappa shape index (κ3) is 2.81. The zero-order chi connectivity index (χ0) is 13.3. The average Bonchev–Trinajstić information content (AvgIpc) is 2.28. The van der Waals surface area contributed by atoms with Gasteiger partial charge < -0.3 is 10.0 Å². The van der Waals surface area contributed by atoms with Gasteiger partial charge in [-0.05, 0) is 31.5 Å². The van der Waals surface area contributed by atoms with E-state index in [0.717, 1.165) is 11.4 Å². The Labute approximate surface area is 107 Å². The lowest BCUT2D eigenvalue weighted by molar-refractivity contribution is 0.199. The quantitative estimate of drug-likeness (QED) is 0.859. The van der Waals surface area contributed by atoms with Gasteiger partial charge in [-0.2, -0.15) is 0 Å². The minimum absolute atomic E-state index is 0.0829. The molecule has 18 heavy (non-hydrogen) atoms. The molecule has 0 aliphatic carbocycles. The van der Waals surface area contributed by atoms with Gasteiger partial charge in [-0.25, -0.2) is 13.4 Å². The second-order valence-electron chi connectivity index (χ2n) is 4.78. The molecule has 1 aliphatic heterocycles. The summed E-state index contributed by atoms with van der Waals surface area (Å²) in [6.07, 6.45) is 1.10. The summed E-state index contributed by atoms with van der Waals surface area (Å²) in [6, 6.07) is 3.50. The topological polar surface area (TPSA) is 70.5 Å². The maximum atomic E-state index is 11.5. The third-order valence-electron chi connectivity index (χ3n) is 3.22. The lowest BCUT2D eigenvalue weighted by Gasteiger charge is -2.34. The predicted molar refractivity (Wildman–Crippen MR) is 70.3 cm³/mol. The highest BCUT2D eigenvalue weighted by Gasteiger charge is 2.28. The molecule has 100 valence electrons. The number of hydrogen-bond acceptors (Lipinski definition) is 5. The zero-order valence-electron chi connectivity index (χ0n) is 10.6. The highest BCUT2D eigenvalue weighted by Crippen LogP contribution is 2.22. The minimum atomic E-state index is -2.92. The monoisotopic (exact) mass is 270 g/mol. The molecule has 1 aliphatic rings. The van der Waals surface area contributed by atoms with Crippen LogP contribution in [0.5, 0.6) is 0 Å². The van der Waals surface area contributed by atoms with E-state index in [2.05, 4.69) is 4.98 Å². The largest absolute Gasteiger partial charge is 0.389 e. The molecule has 0 saturated carbocycles. The molecule has 1 aromatic rings. The summed E-state index contributed by atoms with van der Waals surface area (Å²) in [4.78, 5) is 6.24. The molecule has 1 unspecified atom stereocenters. The summed E-state index contributed by atoms with van der Waals surface area (Å²) in [7, 11) is -2.92. The van der Waals surface area contributed by atoms with Crippen molar-refractivity contribution >= 4 is 15.7 Å². The van der Waals surface area contributed by atoms with Gasteiger partial charge in [-0.1, -0.05) is 0 Å². The van der Waals surface area contributed by atoms with E-state index in [4.69, 9.17) is 0 Å². The number of aliphatic hydroxyl groups excluding tert-OH is 1. The Hall–Kier alpha value is -1.14. The number of hydrogen-bond donors (Lipinski definition) is 1. The second kappa shape index (κ2) is 4.85. The van der Waals surface area contributed by atoms with E-state index in [1.807, 2.05) is 17.9 Å². The fraction of sp³-hybridized carbons (Fsp3) is 0.583. The van der Waals surface area contributed by atoms with Crippen molar-refractivity contribution in [2.75, 3.05) is 23.0 Å². The summed E-state index contributed by atoms with van der Waals surface area (Å²) >= 11 is 0. The van der Waals surface area contributed by atoms with Crippen LogP contribution in [-0.4, -0.2) is 42.6 Å². The van der Waals surface area contributed by atoms with Crippen molar-refractivity contribution in [1.29, 1.82) is 0 Å². The molecule has 2 atom stereocenters. The first-order chi connectivity index (χ1) is 8.39. The van der Waals surface area contributed by atoms with Crippen LogP contribution in [0.2, 0.25) is 0 Å². The van der Waals surface area contributed by atoms with Crippen LogP contribution < -0.4 is 4.90 Å². The molecule has 0 spiro atoms. The van der Waals surface area contributed by atoms with Crippen molar-refractivity contribution in [2.45, 2.75) is 26.0 Å². The van der Waals surface area contributed by atoms with Crippen LogP contribution in [0.15, 0.2) is 18.3 Å². The van der Waals surface area contributed by atoms with Crippen LogP contribution >= 0.6 is 0 Å². The van der Waals surface area contributed by atoms with Crippen LogP contribution in [0.1, 0.15) is 25.5 Å². The molecular formula is C12H18N2O3S. The molecule has 1 fully saturated rings. The van der Waals surface area contributed by atoms with Gasteiger partial charge in [0.25, 0.3) is 0 Å². The van der Waals surface area contributed by atoms with Crippen molar-refractivity contribution in [2.24, 2.45) is 0 Å². The number of anilines is 1. The van der Waals surface area contributed by atoms with E-state index in [1.165, 1.54) is 0 Å². The highest BCUT2D eigenvalue weighted by atomic mass is 32.2. The van der Waals surface area contributed by atoms with E-state index in [-0.39, 0.29) is 17.5 Å². The molecule has 1 N–H and O–H groups in total. The van der Waals surface area contributed by atoms with Crippen molar-refractivity contribution in [3.8, 4) is 0 Å². The van der Waals surface area contributed by atoms with Crippen molar-refractivity contribution in [3.05, 3.63) is 23.9 Å². The number of aromatic nitrogens is 1. The lowest BCUT2D eigenvalue weighted by atomic mass is 10.1. The zero-order valence-corrected chi connectivity index (χ0v) is 11.4. The maximum absolute atomic E-state index is 11.5. The molecule has 2 rings (SSSR count). The first-order valence-corrected chi connectivity index (χ1v) is 7.82. The van der Waals surface area contributed by atoms with E-state index < -0.39 is 15.9 Å². The Morgan fingerprint density at radius 3 is 2.89 bits per heavy atom. The van der Waals surface area contributed by atoms with Gasteiger partial charge in [-0.3, -0.25) is 0 Å².